The van der Waals surface area contributed by atoms with Gasteiger partial charge in [0, 0.05) is 13.1 Å². The molecular formula is C6H7NO4. The third-order valence-corrected chi connectivity index (χ3v) is 1.27. The quantitative estimate of drug-likeness (QED) is 0.420. The molecule has 0 aliphatic carbocycles. The van der Waals surface area contributed by atoms with Crippen LogP contribution in [0.1, 0.15) is 0 Å². The molecule has 1 aliphatic heterocycles. The highest BCUT2D eigenvalue weighted by Crippen LogP contribution is 2.13. The Labute approximate surface area is 62.5 Å². The van der Waals surface area contributed by atoms with Crippen molar-refractivity contribution in [1.29, 1.82) is 0 Å². The van der Waals surface area contributed by atoms with Gasteiger partial charge in [0.1, 0.15) is 5.70 Å². The summed E-state index contributed by atoms with van der Waals surface area (Å²) in [6.45, 7) is 1.26. The van der Waals surface area contributed by atoms with Crippen LogP contribution in [0.15, 0.2) is 11.8 Å². The van der Waals surface area contributed by atoms with Crippen molar-refractivity contribution in [3.63, 3.8) is 0 Å². The van der Waals surface area contributed by atoms with E-state index in [1.165, 1.54) is 4.90 Å². The van der Waals surface area contributed by atoms with Crippen LogP contribution >= 0.6 is 0 Å². The van der Waals surface area contributed by atoms with Gasteiger partial charge >= 0.3 is 11.9 Å². The van der Waals surface area contributed by atoms with E-state index in [0.717, 1.165) is 0 Å². The first kappa shape index (κ1) is 7.59. The van der Waals surface area contributed by atoms with Crippen LogP contribution in [-0.4, -0.2) is 40.1 Å². The lowest BCUT2D eigenvalue weighted by Gasteiger charge is -1.99. The average Bonchev–Trinajstić information content (AvgIpc) is 2.63. The summed E-state index contributed by atoms with van der Waals surface area (Å²) in [5.41, 5.74) is -0.141. The van der Waals surface area contributed by atoms with Crippen molar-refractivity contribution in [1.82, 2.24) is 4.90 Å². The van der Waals surface area contributed by atoms with Gasteiger partial charge < -0.3 is 15.1 Å². The predicted octanol–water partition coefficient (Wildman–Crippen LogP) is -0.645. The molecule has 1 rings (SSSR count). The van der Waals surface area contributed by atoms with Crippen molar-refractivity contribution in [3.05, 3.63) is 11.8 Å². The molecule has 0 saturated carbocycles. The number of hydrogen-bond acceptors (Lipinski definition) is 3. The molecule has 1 saturated heterocycles. The van der Waals surface area contributed by atoms with Crippen molar-refractivity contribution < 1.29 is 19.8 Å². The number of nitrogens with zero attached hydrogens (tertiary/aromatic N) is 1. The summed E-state index contributed by atoms with van der Waals surface area (Å²) in [6.07, 6.45) is 0.704. The highest BCUT2D eigenvalue weighted by atomic mass is 16.4. The Balaban J connectivity index is 2.73. The summed E-state index contributed by atoms with van der Waals surface area (Å²) >= 11 is 0. The molecule has 0 aromatic heterocycles. The average molecular weight is 157 g/mol. The fourth-order valence-corrected chi connectivity index (χ4v) is 0.696. The van der Waals surface area contributed by atoms with Gasteiger partial charge in [0.05, 0.1) is 6.08 Å². The maximum atomic E-state index is 10.3. The highest BCUT2D eigenvalue weighted by molar-refractivity contribution is 5.94. The molecule has 60 valence electrons. The lowest BCUT2D eigenvalue weighted by atomic mass is 10.4. The van der Waals surface area contributed by atoms with Gasteiger partial charge in [-0.1, -0.05) is 0 Å². The molecule has 2 N–H and O–H groups in total. The van der Waals surface area contributed by atoms with Gasteiger partial charge in [-0.2, -0.15) is 0 Å². The molecule has 0 aromatic rings. The summed E-state index contributed by atoms with van der Waals surface area (Å²) in [4.78, 5) is 21.9. The normalized spacial score (nSPS) is 16.4. The molecule has 0 aromatic carbocycles. The maximum Gasteiger partial charge on any atom is 0.352 e. The smallest absolute Gasteiger partial charge is 0.352 e. The van der Waals surface area contributed by atoms with E-state index in [-0.39, 0.29) is 5.70 Å². The minimum absolute atomic E-state index is 0.141. The fraction of sp³-hybridized carbons (Fsp3) is 0.333. The second kappa shape index (κ2) is 2.61. The minimum Gasteiger partial charge on any atom is -0.478 e. The zero-order valence-electron chi connectivity index (χ0n) is 5.65. The van der Waals surface area contributed by atoms with Crippen molar-refractivity contribution in [3.8, 4) is 0 Å². The van der Waals surface area contributed by atoms with E-state index in [4.69, 9.17) is 10.2 Å². The predicted molar refractivity (Wildman–Crippen MR) is 34.9 cm³/mol. The van der Waals surface area contributed by atoms with Gasteiger partial charge in [-0.25, -0.2) is 9.59 Å². The summed E-state index contributed by atoms with van der Waals surface area (Å²) in [5.74, 6) is -2.42. The largest absolute Gasteiger partial charge is 0.478 e. The molecule has 1 fully saturated rings. The van der Waals surface area contributed by atoms with Crippen LogP contribution in [0.5, 0.6) is 0 Å². The number of hydrogen-bond donors (Lipinski definition) is 2. The van der Waals surface area contributed by atoms with E-state index in [1.54, 1.807) is 0 Å². The summed E-state index contributed by atoms with van der Waals surface area (Å²) < 4.78 is 0. The molecule has 0 bridgehead atoms. The van der Waals surface area contributed by atoms with E-state index >= 15 is 0 Å². The molecule has 0 radical (unpaired) electrons. The first-order valence-corrected chi connectivity index (χ1v) is 3.04. The lowest BCUT2D eigenvalue weighted by molar-refractivity contribution is -0.136. The van der Waals surface area contributed by atoms with Crippen molar-refractivity contribution in [2.24, 2.45) is 0 Å². The first-order chi connectivity index (χ1) is 5.11. The Hall–Kier alpha value is -1.52. The Morgan fingerprint density at radius 3 is 2.09 bits per heavy atom. The van der Waals surface area contributed by atoms with Gasteiger partial charge in [-0.05, 0) is 0 Å². The van der Waals surface area contributed by atoms with Crippen LogP contribution in [0.2, 0.25) is 0 Å². The molecule has 0 atom stereocenters. The topological polar surface area (TPSA) is 77.6 Å². The van der Waals surface area contributed by atoms with Crippen molar-refractivity contribution in [2.45, 2.75) is 0 Å². The number of carbonyl (C=O) groups is 2. The summed E-state index contributed by atoms with van der Waals surface area (Å²) in [5, 5.41) is 16.7. The number of aliphatic carboxylic acids is 2. The Kier molecular flexibility index (Phi) is 1.80. The lowest BCUT2D eigenvalue weighted by Crippen LogP contribution is -2.11. The van der Waals surface area contributed by atoms with Crippen molar-refractivity contribution in [2.75, 3.05) is 13.1 Å². The van der Waals surface area contributed by atoms with E-state index < -0.39 is 11.9 Å². The molecule has 11 heavy (non-hydrogen) atoms. The molecule has 0 spiro atoms. The fourth-order valence-electron chi connectivity index (χ4n) is 0.696. The second-order valence-electron chi connectivity index (χ2n) is 2.16. The molecule has 5 heteroatoms. The van der Waals surface area contributed by atoms with E-state index in [0.29, 0.717) is 19.2 Å². The number of rotatable bonds is 3. The second-order valence-corrected chi connectivity index (χ2v) is 2.16. The Morgan fingerprint density at radius 1 is 1.27 bits per heavy atom. The van der Waals surface area contributed by atoms with E-state index in [9.17, 15) is 9.59 Å². The van der Waals surface area contributed by atoms with Crippen LogP contribution < -0.4 is 0 Å². The van der Waals surface area contributed by atoms with Gasteiger partial charge in [0.2, 0.25) is 0 Å². The third kappa shape index (κ3) is 1.96. The SMILES string of the molecule is O=C(O)/C=C(\C(=O)O)N1CC1. The van der Waals surface area contributed by atoms with Crippen LogP contribution in [-0.2, 0) is 9.59 Å². The van der Waals surface area contributed by atoms with Gasteiger partial charge in [0.25, 0.3) is 0 Å². The number of carboxylic acid groups (broad SMARTS) is 2. The monoisotopic (exact) mass is 157 g/mol. The van der Waals surface area contributed by atoms with Gasteiger partial charge in [0.15, 0.2) is 0 Å². The molecular weight excluding hydrogens is 150 g/mol. The third-order valence-electron chi connectivity index (χ3n) is 1.27. The maximum absolute atomic E-state index is 10.3. The minimum atomic E-state index is -1.23. The zero-order chi connectivity index (χ0) is 8.43. The van der Waals surface area contributed by atoms with Crippen LogP contribution in [0, 0.1) is 0 Å². The summed E-state index contributed by atoms with van der Waals surface area (Å²) in [6, 6.07) is 0. The van der Waals surface area contributed by atoms with Crippen LogP contribution in [0.4, 0.5) is 0 Å². The first-order valence-electron chi connectivity index (χ1n) is 3.04. The van der Waals surface area contributed by atoms with Gasteiger partial charge in [-0.3, -0.25) is 0 Å². The van der Waals surface area contributed by atoms with Crippen LogP contribution in [0.3, 0.4) is 0 Å². The molecule has 1 heterocycles. The zero-order valence-corrected chi connectivity index (χ0v) is 5.65. The van der Waals surface area contributed by atoms with Crippen LogP contribution in [0.25, 0.3) is 0 Å². The molecule has 1 aliphatic rings. The highest BCUT2D eigenvalue weighted by Gasteiger charge is 2.26. The Bertz CT molecular complexity index is 229. The number of carboxylic acids is 2. The molecule has 5 nitrogen and oxygen atoms in total. The standard InChI is InChI=1S/C6H7NO4/c8-5(9)3-4(6(10)11)7-1-2-7/h3H,1-2H2,(H,8,9)(H,10,11)/b4-3+. The van der Waals surface area contributed by atoms with E-state index in [1.807, 2.05) is 0 Å². The van der Waals surface area contributed by atoms with Crippen molar-refractivity contribution >= 4 is 11.9 Å². The van der Waals surface area contributed by atoms with E-state index in [2.05, 4.69) is 0 Å². The Morgan fingerprint density at radius 2 is 1.82 bits per heavy atom. The molecule has 0 unspecified atom stereocenters. The van der Waals surface area contributed by atoms with Gasteiger partial charge in [-0.15, -0.1) is 0 Å². The summed E-state index contributed by atoms with van der Waals surface area (Å²) in [7, 11) is 0. The molecule has 0 amide bonds.